The minimum absolute atomic E-state index is 0.0282. The van der Waals surface area contributed by atoms with E-state index < -0.39 is 15.9 Å². The summed E-state index contributed by atoms with van der Waals surface area (Å²) >= 11 is 3.27. The fourth-order valence-corrected chi connectivity index (χ4v) is 4.27. The van der Waals surface area contributed by atoms with E-state index in [1.165, 1.54) is 18.3 Å². The van der Waals surface area contributed by atoms with Gasteiger partial charge in [-0.05, 0) is 55.5 Å². The van der Waals surface area contributed by atoms with Crippen LogP contribution in [0.2, 0.25) is 0 Å². The maximum atomic E-state index is 12.5. The Morgan fingerprint density at radius 2 is 1.97 bits per heavy atom. The van der Waals surface area contributed by atoms with E-state index in [2.05, 4.69) is 36.2 Å². The average molecular weight is 516 g/mol. The van der Waals surface area contributed by atoms with Crippen LogP contribution < -0.4 is 10.1 Å². The zero-order valence-electron chi connectivity index (χ0n) is 16.8. The van der Waals surface area contributed by atoms with Crippen LogP contribution in [-0.2, 0) is 16.6 Å². The molecule has 1 aromatic carbocycles. The smallest absolute Gasteiger partial charge is 0.290 e. The number of pyridine rings is 1. The van der Waals surface area contributed by atoms with Gasteiger partial charge in [-0.1, -0.05) is 22.0 Å². The van der Waals surface area contributed by atoms with Gasteiger partial charge in [0.25, 0.3) is 5.91 Å². The van der Waals surface area contributed by atoms with E-state index in [0.29, 0.717) is 28.6 Å². The maximum Gasteiger partial charge on any atom is 0.290 e. The Hall–Kier alpha value is -3.28. The number of rotatable bonds is 7. The summed E-state index contributed by atoms with van der Waals surface area (Å²) < 4.78 is 35.2. The molecule has 0 atom stereocenters. The third-order valence-corrected chi connectivity index (χ3v) is 6.47. The average Bonchev–Trinajstić information content (AvgIpc) is 3.35. The number of amides is 1. The van der Waals surface area contributed by atoms with Crippen molar-refractivity contribution in [3.63, 3.8) is 0 Å². The molecule has 0 radical (unpaired) electrons. The second-order valence-electron chi connectivity index (χ2n) is 6.76. The van der Waals surface area contributed by atoms with Crippen molar-refractivity contribution >= 4 is 43.7 Å². The SMILES string of the molecule is Cc1nc2ccccn2c1C(=O)N/N=C/c1ccc(CNS(=O)(=O)c2ccc(Br)cc2)o1. The van der Waals surface area contributed by atoms with Gasteiger partial charge in [0.2, 0.25) is 10.0 Å². The number of furan rings is 1. The summed E-state index contributed by atoms with van der Waals surface area (Å²) in [6.07, 6.45) is 3.09. The highest BCUT2D eigenvalue weighted by atomic mass is 79.9. The molecule has 2 N–H and O–H groups in total. The van der Waals surface area contributed by atoms with Crippen LogP contribution in [0.5, 0.6) is 0 Å². The number of halogens is 1. The lowest BCUT2D eigenvalue weighted by Crippen LogP contribution is -2.22. The molecule has 1 amide bonds. The van der Waals surface area contributed by atoms with Gasteiger partial charge in [0.15, 0.2) is 0 Å². The molecule has 0 fully saturated rings. The molecule has 4 rings (SSSR count). The molecule has 11 heteroatoms. The van der Waals surface area contributed by atoms with Crippen LogP contribution in [0.15, 0.2) is 79.7 Å². The fourth-order valence-electron chi connectivity index (χ4n) is 3.02. The molecule has 0 saturated heterocycles. The van der Waals surface area contributed by atoms with Crippen molar-refractivity contribution in [1.82, 2.24) is 19.5 Å². The number of carbonyl (C=O) groups is 1. The first kappa shape index (κ1) is 21.9. The number of nitrogens with zero attached hydrogens (tertiary/aromatic N) is 3. The molecule has 0 spiro atoms. The van der Waals surface area contributed by atoms with Crippen LogP contribution in [0, 0.1) is 6.92 Å². The molecule has 0 aliphatic heterocycles. The number of hydrogen-bond acceptors (Lipinski definition) is 6. The lowest BCUT2D eigenvalue weighted by molar-refractivity contribution is 0.0948. The Balaban J connectivity index is 1.37. The number of fused-ring (bicyclic) bond motifs is 1. The zero-order valence-corrected chi connectivity index (χ0v) is 19.2. The molecule has 0 aliphatic rings. The molecular weight excluding hydrogens is 498 g/mol. The number of hydrogen-bond donors (Lipinski definition) is 2. The van der Waals surface area contributed by atoms with Crippen molar-refractivity contribution in [3.05, 3.63) is 88.2 Å². The number of carbonyl (C=O) groups excluding carboxylic acids is 1. The molecule has 9 nitrogen and oxygen atoms in total. The second-order valence-corrected chi connectivity index (χ2v) is 9.44. The minimum Gasteiger partial charge on any atom is -0.459 e. The monoisotopic (exact) mass is 515 g/mol. The van der Waals surface area contributed by atoms with Crippen LogP contribution in [-0.4, -0.2) is 29.9 Å². The molecule has 32 heavy (non-hydrogen) atoms. The molecule has 3 heterocycles. The van der Waals surface area contributed by atoms with E-state index in [-0.39, 0.29) is 11.4 Å². The molecule has 4 aromatic rings. The second kappa shape index (κ2) is 9.07. The maximum absolute atomic E-state index is 12.5. The van der Waals surface area contributed by atoms with Gasteiger partial charge < -0.3 is 4.42 Å². The molecule has 0 bridgehead atoms. The molecule has 164 valence electrons. The topological polar surface area (TPSA) is 118 Å². The number of aromatic nitrogens is 2. The van der Waals surface area contributed by atoms with Crippen LogP contribution in [0.4, 0.5) is 0 Å². The Labute approximate surface area is 192 Å². The molecule has 0 unspecified atom stereocenters. The molecule has 0 aliphatic carbocycles. The number of nitrogens with one attached hydrogen (secondary N) is 2. The van der Waals surface area contributed by atoms with Gasteiger partial charge in [-0.25, -0.2) is 23.5 Å². The van der Waals surface area contributed by atoms with E-state index in [1.54, 1.807) is 41.8 Å². The van der Waals surface area contributed by atoms with Crippen LogP contribution in [0.1, 0.15) is 27.7 Å². The molecule has 3 aromatic heterocycles. The van der Waals surface area contributed by atoms with Crippen molar-refractivity contribution in [3.8, 4) is 0 Å². The van der Waals surface area contributed by atoms with Gasteiger partial charge in [0.05, 0.1) is 23.3 Å². The van der Waals surface area contributed by atoms with Crippen molar-refractivity contribution in [2.45, 2.75) is 18.4 Å². The van der Waals surface area contributed by atoms with Crippen LogP contribution >= 0.6 is 15.9 Å². The quantitative estimate of drug-likeness (QED) is 0.289. The van der Waals surface area contributed by atoms with E-state index >= 15 is 0 Å². The number of imidazole rings is 1. The highest BCUT2D eigenvalue weighted by molar-refractivity contribution is 9.10. The van der Waals surface area contributed by atoms with Gasteiger partial charge in [0, 0.05) is 10.7 Å². The Bertz CT molecular complexity index is 1410. The Morgan fingerprint density at radius 3 is 2.75 bits per heavy atom. The van der Waals surface area contributed by atoms with E-state index in [9.17, 15) is 13.2 Å². The normalized spacial score (nSPS) is 11.9. The predicted octanol–water partition coefficient (Wildman–Crippen LogP) is 3.24. The van der Waals surface area contributed by atoms with E-state index in [0.717, 1.165) is 4.47 Å². The summed E-state index contributed by atoms with van der Waals surface area (Å²) in [5.41, 5.74) is 4.09. The number of hydrazone groups is 1. The van der Waals surface area contributed by atoms with Gasteiger partial charge in [-0.15, -0.1) is 0 Å². The van der Waals surface area contributed by atoms with E-state index in [4.69, 9.17) is 4.42 Å². The van der Waals surface area contributed by atoms with Gasteiger partial charge in [-0.3, -0.25) is 9.20 Å². The Morgan fingerprint density at radius 1 is 1.19 bits per heavy atom. The summed E-state index contributed by atoms with van der Waals surface area (Å²) in [5, 5.41) is 3.92. The lowest BCUT2D eigenvalue weighted by Gasteiger charge is -2.05. The molecular formula is C21H18BrN5O4S. The summed E-state index contributed by atoms with van der Waals surface area (Å²) in [5.74, 6) is 0.348. The highest BCUT2D eigenvalue weighted by Crippen LogP contribution is 2.15. The number of sulfonamides is 1. The van der Waals surface area contributed by atoms with Gasteiger partial charge >= 0.3 is 0 Å². The van der Waals surface area contributed by atoms with Gasteiger partial charge in [-0.2, -0.15) is 5.10 Å². The van der Waals surface area contributed by atoms with Crippen molar-refractivity contribution in [2.24, 2.45) is 5.10 Å². The predicted molar refractivity (Wildman–Crippen MR) is 122 cm³/mol. The van der Waals surface area contributed by atoms with E-state index in [1.807, 2.05) is 18.2 Å². The standard InChI is InChI=1S/C21H18BrN5O4S/c1-14-20(27-11-3-2-4-19(27)25-14)21(28)26-23-12-16-7-8-17(31-16)13-24-32(29,30)18-9-5-15(22)6-10-18/h2-12,24H,13H2,1H3,(H,26,28)/b23-12+. The minimum atomic E-state index is -3.67. The van der Waals surface area contributed by atoms with Gasteiger partial charge in [0.1, 0.15) is 22.9 Å². The Kier molecular flexibility index (Phi) is 6.21. The molecule has 0 saturated carbocycles. The zero-order chi connectivity index (χ0) is 22.7. The first-order chi connectivity index (χ1) is 15.3. The van der Waals surface area contributed by atoms with Crippen LogP contribution in [0.3, 0.4) is 0 Å². The van der Waals surface area contributed by atoms with Crippen LogP contribution in [0.25, 0.3) is 5.65 Å². The summed E-state index contributed by atoms with van der Waals surface area (Å²) in [4.78, 5) is 17.0. The number of benzene rings is 1. The number of aryl methyl sites for hydroxylation is 1. The fraction of sp³-hybridized carbons (Fsp3) is 0.0952. The summed E-state index contributed by atoms with van der Waals surface area (Å²) in [7, 11) is -3.67. The summed E-state index contributed by atoms with van der Waals surface area (Å²) in [6, 6.07) is 15.0. The summed E-state index contributed by atoms with van der Waals surface area (Å²) in [6.45, 7) is 1.72. The van der Waals surface area contributed by atoms with Crippen molar-refractivity contribution in [2.75, 3.05) is 0 Å². The first-order valence-electron chi connectivity index (χ1n) is 9.44. The van der Waals surface area contributed by atoms with Crippen molar-refractivity contribution in [1.29, 1.82) is 0 Å². The third kappa shape index (κ3) is 4.79. The van der Waals surface area contributed by atoms with Crippen molar-refractivity contribution < 1.29 is 17.6 Å². The lowest BCUT2D eigenvalue weighted by atomic mass is 10.3. The first-order valence-corrected chi connectivity index (χ1v) is 11.7. The third-order valence-electron chi connectivity index (χ3n) is 4.52. The highest BCUT2D eigenvalue weighted by Gasteiger charge is 2.16. The largest absolute Gasteiger partial charge is 0.459 e.